The fourth-order valence-electron chi connectivity index (χ4n) is 3.31. The summed E-state index contributed by atoms with van der Waals surface area (Å²) in [6.07, 6.45) is 4.75. The minimum atomic E-state index is -0.270. The average Bonchev–Trinajstić information content (AvgIpc) is 3.29. The van der Waals surface area contributed by atoms with Crippen LogP contribution in [0.4, 0.5) is 11.5 Å². The molecule has 8 nitrogen and oxygen atoms in total. The Morgan fingerprint density at radius 3 is 2.24 bits per heavy atom. The lowest BCUT2D eigenvalue weighted by Crippen LogP contribution is -2.12. The quantitative estimate of drug-likeness (QED) is 0.376. The van der Waals surface area contributed by atoms with Crippen LogP contribution < -0.4 is 10.6 Å². The molecule has 33 heavy (non-hydrogen) atoms. The van der Waals surface area contributed by atoms with Crippen molar-refractivity contribution >= 4 is 34.4 Å². The first-order valence-electron chi connectivity index (χ1n) is 10.2. The van der Waals surface area contributed by atoms with Crippen LogP contribution in [-0.4, -0.2) is 31.8 Å². The van der Waals surface area contributed by atoms with Gasteiger partial charge in [-0.15, -0.1) is 0 Å². The molecule has 0 radical (unpaired) electrons. The van der Waals surface area contributed by atoms with E-state index in [9.17, 15) is 9.59 Å². The van der Waals surface area contributed by atoms with E-state index in [1.165, 1.54) is 0 Å². The third kappa shape index (κ3) is 4.45. The molecule has 0 aliphatic rings. The summed E-state index contributed by atoms with van der Waals surface area (Å²) < 4.78 is 0. The van der Waals surface area contributed by atoms with Gasteiger partial charge in [0.25, 0.3) is 11.8 Å². The zero-order valence-electron chi connectivity index (χ0n) is 17.3. The molecule has 160 valence electrons. The summed E-state index contributed by atoms with van der Waals surface area (Å²) in [5, 5.41) is 5.65. The Hall–Kier alpha value is -4.85. The standard InChI is InChI=1S/C25H18N6O2/c32-24(17-4-2-1-3-5-17)28-19-8-6-16(7-9-19)23-29-20-14-22(27-15-21(20)30-23)31-25(33)18-10-12-26-13-11-18/h1-15H,(H,28,32)(H,29,30)(H,27,31,33). The molecular formula is C25H18N6O2. The van der Waals surface area contributed by atoms with Crippen molar-refractivity contribution in [3.05, 3.63) is 103 Å². The molecule has 0 spiro atoms. The number of fused-ring (bicyclic) bond motifs is 1. The zero-order valence-corrected chi connectivity index (χ0v) is 17.3. The van der Waals surface area contributed by atoms with Crippen LogP contribution in [0.5, 0.6) is 0 Å². The SMILES string of the molecule is O=C(Nc1ccc(-c2nc3cc(NC(=O)c4ccncc4)ncc3[nH]2)cc1)c1ccccc1. The van der Waals surface area contributed by atoms with E-state index < -0.39 is 0 Å². The molecule has 8 heteroatoms. The molecular weight excluding hydrogens is 416 g/mol. The van der Waals surface area contributed by atoms with Gasteiger partial charge in [0.2, 0.25) is 0 Å². The summed E-state index contributed by atoms with van der Waals surface area (Å²) >= 11 is 0. The van der Waals surface area contributed by atoms with Crippen molar-refractivity contribution in [1.82, 2.24) is 19.9 Å². The summed E-state index contributed by atoms with van der Waals surface area (Å²) in [6, 6.07) is 21.4. The molecule has 5 rings (SSSR count). The third-order valence-electron chi connectivity index (χ3n) is 5.00. The van der Waals surface area contributed by atoms with E-state index in [2.05, 4.69) is 30.6 Å². The Balaban J connectivity index is 1.31. The van der Waals surface area contributed by atoms with E-state index in [1.54, 1.807) is 48.9 Å². The maximum atomic E-state index is 12.3. The first kappa shape index (κ1) is 20.1. The van der Waals surface area contributed by atoms with Gasteiger partial charge in [-0.25, -0.2) is 9.97 Å². The topological polar surface area (TPSA) is 113 Å². The van der Waals surface area contributed by atoms with Crippen LogP contribution >= 0.6 is 0 Å². The number of H-pyrrole nitrogens is 1. The summed E-state index contributed by atoms with van der Waals surface area (Å²) in [6.45, 7) is 0. The van der Waals surface area contributed by atoms with Gasteiger partial charge in [0.15, 0.2) is 0 Å². The number of imidazole rings is 1. The Bertz CT molecular complexity index is 1430. The molecule has 0 atom stereocenters. The number of nitrogens with zero attached hydrogens (tertiary/aromatic N) is 3. The van der Waals surface area contributed by atoms with Crippen molar-refractivity contribution in [2.24, 2.45) is 0 Å². The smallest absolute Gasteiger partial charge is 0.256 e. The molecule has 3 heterocycles. The highest BCUT2D eigenvalue weighted by molar-refractivity contribution is 6.05. The molecule has 0 fully saturated rings. The molecule has 0 unspecified atom stereocenters. The van der Waals surface area contributed by atoms with Crippen LogP contribution in [0.3, 0.4) is 0 Å². The van der Waals surface area contributed by atoms with Crippen LogP contribution in [0.1, 0.15) is 20.7 Å². The van der Waals surface area contributed by atoms with Gasteiger partial charge in [-0.3, -0.25) is 14.6 Å². The maximum absolute atomic E-state index is 12.3. The van der Waals surface area contributed by atoms with Crippen molar-refractivity contribution in [3.8, 4) is 11.4 Å². The number of carbonyl (C=O) groups excluding carboxylic acids is 2. The molecule has 0 aliphatic carbocycles. The molecule has 2 amide bonds. The predicted molar refractivity (Wildman–Crippen MR) is 126 cm³/mol. The highest BCUT2D eigenvalue weighted by Crippen LogP contribution is 2.23. The lowest BCUT2D eigenvalue weighted by Gasteiger charge is -2.05. The van der Waals surface area contributed by atoms with Crippen LogP contribution in [0.2, 0.25) is 0 Å². The number of hydrogen-bond acceptors (Lipinski definition) is 5. The van der Waals surface area contributed by atoms with Gasteiger partial charge in [-0.2, -0.15) is 0 Å². The molecule has 2 aromatic carbocycles. The second-order valence-electron chi connectivity index (χ2n) is 7.26. The Morgan fingerprint density at radius 2 is 1.48 bits per heavy atom. The number of aromatic nitrogens is 4. The summed E-state index contributed by atoms with van der Waals surface area (Å²) in [4.78, 5) is 40.7. The number of benzene rings is 2. The van der Waals surface area contributed by atoms with Gasteiger partial charge >= 0.3 is 0 Å². The van der Waals surface area contributed by atoms with E-state index in [0.29, 0.717) is 34.0 Å². The van der Waals surface area contributed by atoms with E-state index >= 15 is 0 Å². The minimum absolute atomic E-state index is 0.167. The van der Waals surface area contributed by atoms with E-state index in [-0.39, 0.29) is 11.8 Å². The van der Waals surface area contributed by atoms with Crippen LogP contribution in [-0.2, 0) is 0 Å². The first-order chi connectivity index (χ1) is 16.2. The van der Waals surface area contributed by atoms with Crippen molar-refractivity contribution in [2.45, 2.75) is 0 Å². The second kappa shape index (κ2) is 8.72. The largest absolute Gasteiger partial charge is 0.337 e. The lowest BCUT2D eigenvalue weighted by molar-refractivity contribution is 0.101. The highest BCUT2D eigenvalue weighted by Gasteiger charge is 2.11. The zero-order chi connectivity index (χ0) is 22.6. The number of rotatable bonds is 5. The van der Waals surface area contributed by atoms with Gasteiger partial charge in [-0.1, -0.05) is 18.2 Å². The molecule has 0 saturated heterocycles. The van der Waals surface area contributed by atoms with Crippen molar-refractivity contribution in [1.29, 1.82) is 0 Å². The van der Waals surface area contributed by atoms with Crippen molar-refractivity contribution in [2.75, 3.05) is 10.6 Å². The summed E-state index contributed by atoms with van der Waals surface area (Å²) in [5.41, 5.74) is 4.05. The van der Waals surface area contributed by atoms with Crippen LogP contribution in [0.25, 0.3) is 22.4 Å². The maximum Gasteiger partial charge on any atom is 0.256 e. The Kier molecular flexibility index (Phi) is 5.30. The molecule has 5 aromatic rings. The molecule has 0 saturated carbocycles. The normalized spacial score (nSPS) is 10.7. The van der Waals surface area contributed by atoms with Gasteiger partial charge in [-0.05, 0) is 48.5 Å². The van der Waals surface area contributed by atoms with E-state index in [1.807, 2.05) is 42.5 Å². The number of nitrogens with one attached hydrogen (secondary N) is 3. The molecule has 3 aromatic heterocycles. The molecule has 3 N–H and O–H groups in total. The highest BCUT2D eigenvalue weighted by atomic mass is 16.2. The number of amides is 2. The number of aromatic amines is 1. The van der Waals surface area contributed by atoms with Gasteiger partial charge in [0, 0.05) is 40.8 Å². The van der Waals surface area contributed by atoms with Crippen molar-refractivity contribution in [3.63, 3.8) is 0 Å². The predicted octanol–water partition coefficient (Wildman–Crippen LogP) is 4.52. The van der Waals surface area contributed by atoms with Gasteiger partial charge < -0.3 is 15.6 Å². The second-order valence-corrected chi connectivity index (χ2v) is 7.26. The van der Waals surface area contributed by atoms with Crippen molar-refractivity contribution < 1.29 is 9.59 Å². The fourth-order valence-corrected chi connectivity index (χ4v) is 3.31. The molecule has 0 bridgehead atoms. The summed E-state index contributed by atoms with van der Waals surface area (Å²) in [5.74, 6) is 0.624. The third-order valence-corrected chi connectivity index (χ3v) is 5.00. The number of hydrogen-bond donors (Lipinski definition) is 3. The first-order valence-corrected chi connectivity index (χ1v) is 10.2. The van der Waals surface area contributed by atoms with Crippen LogP contribution in [0, 0.1) is 0 Å². The van der Waals surface area contributed by atoms with Crippen LogP contribution in [0.15, 0.2) is 91.4 Å². The lowest BCUT2D eigenvalue weighted by atomic mass is 10.1. The monoisotopic (exact) mass is 434 g/mol. The van der Waals surface area contributed by atoms with Gasteiger partial charge in [0.05, 0.1) is 17.2 Å². The van der Waals surface area contributed by atoms with Gasteiger partial charge in [0.1, 0.15) is 11.6 Å². The number of pyridine rings is 2. The average molecular weight is 434 g/mol. The Morgan fingerprint density at radius 1 is 0.788 bits per heavy atom. The minimum Gasteiger partial charge on any atom is -0.337 e. The Labute approximate surface area is 188 Å². The number of anilines is 2. The number of carbonyl (C=O) groups is 2. The molecule has 0 aliphatic heterocycles. The summed E-state index contributed by atoms with van der Waals surface area (Å²) in [7, 11) is 0. The fraction of sp³-hybridized carbons (Fsp3) is 0. The van der Waals surface area contributed by atoms with E-state index in [0.717, 1.165) is 11.1 Å². The van der Waals surface area contributed by atoms with E-state index in [4.69, 9.17) is 0 Å².